The summed E-state index contributed by atoms with van der Waals surface area (Å²) < 4.78 is 1.46. The predicted molar refractivity (Wildman–Crippen MR) is 84.5 cm³/mol. The first-order valence-electron chi connectivity index (χ1n) is 6.56. The molecule has 1 fully saturated rings. The van der Waals surface area contributed by atoms with Gasteiger partial charge in [0.1, 0.15) is 5.82 Å². The summed E-state index contributed by atoms with van der Waals surface area (Å²) in [5.74, 6) is 1.03. The molecule has 0 unspecified atom stereocenters. The van der Waals surface area contributed by atoms with Gasteiger partial charge in [-0.3, -0.25) is 0 Å². The SMILES string of the molecule is CSC1(CNc2ncc(Br)cc2C)CCCCC1. The molecule has 18 heavy (non-hydrogen) atoms. The Morgan fingerprint density at radius 3 is 2.72 bits per heavy atom. The summed E-state index contributed by atoms with van der Waals surface area (Å²) in [4.78, 5) is 4.46. The van der Waals surface area contributed by atoms with Crippen molar-refractivity contribution < 1.29 is 0 Å². The maximum Gasteiger partial charge on any atom is 0.128 e. The van der Waals surface area contributed by atoms with Crippen molar-refractivity contribution in [2.75, 3.05) is 18.1 Å². The molecule has 100 valence electrons. The highest BCUT2D eigenvalue weighted by molar-refractivity contribution is 9.10. The van der Waals surface area contributed by atoms with Crippen LogP contribution in [0, 0.1) is 6.92 Å². The van der Waals surface area contributed by atoms with E-state index in [1.165, 1.54) is 37.7 Å². The molecule has 1 aliphatic rings. The van der Waals surface area contributed by atoms with Crippen LogP contribution in [0.25, 0.3) is 0 Å². The first kappa shape index (κ1) is 14.2. The van der Waals surface area contributed by atoms with Crippen molar-refractivity contribution in [3.8, 4) is 0 Å². The van der Waals surface area contributed by atoms with Crippen LogP contribution in [0.5, 0.6) is 0 Å². The van der Waals surface area contributed by atoms with Gasteiger partial charge in [-0.1, -0.05) is 19.3 Å². The van der Waals surface area contributed by atoms with Gasteiger partial charge in [-0.2, -0.15) is 11.8 Å². The van der Waals surface area contributed by atoms with Gasteiger partial charge in [0.15, 0.2) is 0 Å². The third-order valence-corrected chi connectivity index (χ3v) is 5.67. The second-order valence-electron chi connectivity index (χ2n) is 5.12. The second-order valence-corrected chi connectivity index (χ2v) is 7.31. The molecule has 1 aromatic rings. The summed E-state index contributed by atoms with van der Waals surface area (Å²) in [5, 5.41) is 3.55. The fourth-order valence-corrected chi connectivity index (χ4v) is 3.98. The van der Waals surface area contributed by atoms with E-state index in [2.05, 4.69) is 45.5 Å². The number of nitrogens with one attached hydrogen (secondary N) is 1. The Kier molecular flexibility index (Phi) is 4.96. The van der Waals surface area contributed by atoms with Gasteiger partial charge in [0, 0.05) is 22.0 Å². The highest BCUT2D eigenvalue weighted by atomic mass is 79.9. The topological polar surface area (TPSA) is 24.9 Å². The fraction of sp³-hybridized carbons (Fsp3) is 0.643. The molecule has 1 heterocycles. The molecule has 0 aliphatic heterocycles. The van der Waals surface area contributed by atoms with E-state index in [1.807, 2.05) is 18.0 Å². The van der Waals surface area contributed by atoms with Crippen molar-refractivity contribution in [3.63, 3.8) is 0 Å². The van der Waals surface area contributed by atoms with Crippen LogP contribution in [0.4, 0.5) is 5.82 Å². The zero-order valence-electron chi connectivity index (χ0n) is 11.1. The van der Waals surface area contributed by atoms with Crippen LogP contribution in [-0.2, 0) is 0 Å². The fourth-order valence-electron chi connectivity index (χ4n) is 2.62. The van der Waals surface area contributed by atoms with Crippen LogP contribution in [0.3, 0.4) is 0 Å². The molecule has 0 radical (unpaired) electrons. The molecule has 2 nitrogen and oxygen atoms in total. The second kappa shape index (κ2) is 6.29. The van der Waals surface area contributed by atoms with Crippen molar-refractivity contribution in [1.29, 1.82) is 0 Å². The minimum atomic E-state index is 0.416. The molecule has 0 aromatic carbocycles. The standard InChI is InChI=1S/C14H21BrN2S/c1-11-8-12(15)9-16-13(11)17-10-14(18-2)6-4-3-5-7-14/h8-9H,3-7,10H2,1-2H3,(H,16,17). The van der Waals surface area contributed by atoms with E-state index in [0.29, 0.717) is 4.75 Å². The van der Waals surface area contributed by atoms with E-state index in [-0.39, 0.29) is 0 Å². The number of halogens is 1. The lowest BCUT2D eigenvalue weighted by atomic mass is 9.88. The normalized spacial score (nSPS) is 18.6. The minimum absolute atomic E-state index is 0.416. The summed E-state index contributed by atoms with van der Waals surface area (Å²) in [5.41, 5.74) is 1.21. The van der Waals surface area contributed by atoms with Gasteiger partial charge >= 0.3 is 0 Å². The molecule has 4 heteroatoms. The van der Waals surface area contributed by atoms with Crippen molar-refractivity contribution in [1.82, 2.24) is 4.98 Å². The smallest absolute Gasteiger partial charge is 0.128 e. The molecular formula is C14H21BrN2S. The van der Waals surface area contributed by atoms with E-state index >= 15 is 0 Å². The molecule has 1 N–H and O–H groups in total. The number of aromatic nitrogens is 1. The molecule has 0 spiro atoms. The Bertz CT molecular complexity index is 403. The Hall–Kier alpha value is -0.220. The number of hydrogen-bond donors (Lipinski definition) is 1. The molecule has 1 saturated carbocycles. The molecule has 2 rings (SSSR count). The van der Waals surface area contributed by atoms with Gasteiger partial charge in [-0.05, 0) is 53.6 Å². The molecule has 0 amide bonds. The zero-order valence-corrected chi connectivity index (χ0v) is 13.5. The Labute approximate surface area is 122 Å². The number of nitrogens with zero attached hydrogens (tertiary/aromatic N) is 1. The number of hydrogen-bond acceptors (Lipinski definition) is 3. The summed E-state index contributed by atoms with van der Waals surface area (Å²) in [7, 11) is 0. The highest BCUT2D eigenvalue weighted by Gasteiger charge is 2.30. The number of pyridine rings is 1. The third kappa shape index (κ3) is 3.41. The zero-order chi connectivity index (χ0) is 13.0. The average molecular weight is 329 g/mol. The van der Waals surface area contributed by atoms with Gasteiger partial charge in [-0.25, -0.2) is 4.98 Å². The van der Waals surface area contributed by atoms with Crippen LogP contribution in [0.15, 0.2) is 16.7 Å². The van der Waals surface area contributed by atoms with Crippen LogP contribution < -0.4 is 5.32 Å². The maximum absolute atomic E-state index is 4.46. The van der Waals surface area contributed by atoms with Crippen LogP contribution in [0.1, 0.15) is 37.7 Å². The number of aryl methyl sites for hydroxylation is 1. The first-order chi connectivity index (χ1) is 8.65. The molecule has 0 saturated heterocycles. The lowest BCUT2D eigenvalue weighted by Gasteiger charge is -2.36. The average Bonchev–Trinajstić information content (AvgIpc) is 2.39. The van der Waals surface area contributed by atoms with E-state index in [0.717, 1.165) is 16.8 Å². The summed E-state index contributed by atoms with van der Waals surface area (Å²) >= 11 is 5.48. The maximum atomic E-state index is 4.46. The summed E-state index contributed by atoms with van der Waals surface area (Å²) in [6, 6.07) is 2.11. The lowest BCUT2D eigenvalue weighted by molar-refractivity contribution is 0.411. The van der Waals surface area contributed by atoms with Crippen molar-refractivity contribution in [2.45, 2.75) is 43.8 Å². The summed E-state index contributed by atoms with van der Waals surface area (Å²) in [6.07, 6.45) is 10.9. The van der Waals surface area contributed by atoms with Crippen LogP contribution in [-0.4, -0.2) is 22.5 Å². The van der Waals surface area contributed by atoms with Crippen molar-refractivity contribution >= 4 is 33.5 Å². The molecule has 0 bridgehead atoms. The van der Waals surface area contributed by atoms with Gasteiger partial charge in [-0.15, -0.1) is 0 Å². The van der Waals surface area contributed by atoms with Crippen LogP contribution in [0.2, 0.25) is 0 Å². The largest absolute Gasteiger partial charge is 0.368 e. The van der Waals surface area contributed by atoms with Gasteiger partial charge < -0.3 is 5.32 Å². The number of rotatable bonds is 4. The van der Waals surface area contributed by atoms with Gasteiger partial charge in [0.2, 0.25) is 0 Å². The third-order valence-electron chi connectivity index (χ3n) is 3.82. The minimum Gasteiger partial charge on any atom is -0.368 e. The number of anilines is 1. The van der Waals surface area contributed by atoms with Crippen molar-refractivity contribution in [2.24, 2.45) is 0 Å². The molecule has 1 aromatic heterocycles. The monoisotopic (exact) mass is 328 g/mol. The Morgan fingerprint density at radius 2 is 2.11 bits per heavy atom. The van der Waals surface area contributed by atoms with Gasteiger partial charge in [0.25, 0.3) is 0 Å². The van der Waals surface area contributed by atoms with Gasteiger partial charge in [0.05, 0.1) is 0 Å². The summed E-state index contributed by atoms with van der Waals surface area (Å²) in [6.45, 7) is 3.14. The molecular weight excluding hydrogens is 308 g/mol. The highest BCUT2D eigenvalue weighted by Crippen LogP contribution is 2.38. The van der Waals surface area contributed by atoms with E-state index < -0.39 is 0 Å². The Balaban J connectivity index is 2.01. The Morgan fingerprint density at radius 1 is 1.39 bits per heavy atom. The number of thioether (sulfide) groups is 1. The van der Waals surface area contributed by atoms with E-state index in [9.17, 15) is 0 Å². The molecule has 0 atom stereocenters. The van der Waals surface area contributed by atoms with Crippen LogP contribution >= 0.6 is 27.7 Å². The lowest BCUT2D eigenvalue weighted by Crippen LogP contribution is -2.35. The molecule has 1 aliphatic carbocycles. The van der Waals surface area contributed by atoms with E-state index in [4.69, 9.17) is 0 Å². The first-order valence-corrected chi connectivity index (χ1v) is 8.58. The predicted octanol–water partition coefficient (Wildman–Crippen LogP) is 4.63. The van der Waals surface area contributed by atoms with Crippen molar-refractivity contribution in [3.05, 3.63) is 22.3 Å². The van der Waals surface area contributed by atoms with E-state index in [1.54, 1.807) is 0 Å². The quantitative estimate of drug-likeness (QED) is 0.872.